The van der Waals surface area contributed by atoms with Crippen molar-refractivity contribution >= 4 is 5.91 Å². The van der Waals surface area contributed by atoms with Gasteiger partial charge in [-0.25, -0.2) is 14.4 Å². The highest BCUT2D eigenvalue weighted by molar-refractivity contribution is 5.79. The van der Waals surface area contributed by atoms with Crippen molar-refractivity contribution < 1.29 is 13.9 Å². The van der Waals surface area contributed by atoms with Crippen LogP contribution in [-0.2, 0) is 4.79 Å². The van der Waals surface area contributed by atoms with Crippen LogP contribution in [0.2, 0.25) is 0 Å². The second-order valence-electron chi connectivity index (χ2n) is 7.71. The zero-order valence-electron chi connectivity index (χ0n) is 15.7. The van der Waals surface area contributed by atoms with Crippen molar-refractivity contribution in [2.24, 2.45) is 11.8 Å². The van der Waals surface area contributed by atoms with Crippen LogP contribution in [0.3, 0.4) is 0 Å². The minimum atomic E-state index is -0.479. The van der Waals surface area contributed by atoms with E-state index in [1.165, 1.54) is 32.1 Å². The van der Waals surface area contributed by atoms with Gasteiger partial charge in [0.15, 0.2) is 5.82 Å². The van der Waals surface area contributed by atoms with Crippen molar-refractivity contribution in [2.45, 2.75) is 70.8 Å². The maximum atomic E-state index is 12.9. The summed E-state index contributed by atoms with van der Waals surface area (Å²) in [5, 5.41) is 0. The fourth-order valence-corrected chi connectivity index (χ4v) is 4.19. The molecule has 1 saturated heterocycles. The first-order valence-corrected chi connectivity index (χ1v) is 10.1. The first kappa shape index (κ1) is 19.1. The van der Waals surface area contributed by atoms with Gasteiger partial charge >= 0.3 is 6.01 Å². The van der Waals surface area contributed by atoms with Crippen LogP contribution in [0.1, 0.15) is 64.7 Å². The van der Waals surface area contributed by atoms with Crippen molar-refractivity contribution in [1.29, 1.82) is 0 Å². The lowest BCUT2D eigenvalue weighted by Crippen LogP contribution is -2.47. The maximum absolute atomic E-state index is 12.9. The van der Waals surface area contributed by atoms with Gasteiger partial charge in [0.2, 0.25) is 5.91 Å². The molecule has 1 aliphatic carbocycles. The summed E-state index contributed by atoms with van der Waals surface area (Å²) in [4.78, 5) is 22.6. The molecule has 144 valence electrons. The first-order valence-electron chi connectivity index (χ1n) is 10.1. The van der Waals surface area contributed by atoms with E-state index in [9.17, 15) is 9.18 Å². The van der Waals surface area contributed by atoms with Gasteiger partial charge in [0, 0.05) is 12.5 Å². The maximum Gasteiger partial charge on any atom is 0.316 e. The van der Waals surface area contributed by atoms with Crippen LogP contribution in [0.25, 0.3) is 0 Å². The van der Waals surface area contributed by atoms with E-state index < -0.39 is 5.82 Å². The van der Waals surface area contributed by atoms with Crippen LogP contribution in [0, 0.1) is 17.7 Å². The molecule has 1 atom stereocenters. The Bertz CT molecular complexity index is 573. The summed E-state index contributed by atoms with van der Waals surface area (Å²) in [5.41, 5.74) is 0. The third-order valence-corrected chi connectivity index (χ3v) is 5.72. The van der Waals surface area contributed by atoms with Crippen molar-refractivity contribution in [2.75, 3.05) is 13.1 Å². The van der Waals surface area contributed by atoms with Crippen molar-refractivity contribution in [3.8, 4) is 6.01 Å². The summed E-state index contributed by atoms with van der Waals surface area (Å²) >= 11 is 0. The Kier molecular flexibility index (Phi) is 6.80. The predicted molar refractivity (Wildman–Crippen MR) is 97.2 cm³/mol. The highest BCUT2D eigenvalue weighted by Crippen LogP contribution is 2.33. The predicted octanol–water partition coefficient (Wildman–Crippen LogP) is 3.98. The second-order valence-corrected chi connectivity index (χ2v) is 7.71. The molecule has 0 aromatic carbocycles. The molecule has 1 aliphatic heterocycles. The molecule has 1 aromatic heterocycles. The number of carbonyl (C=O) groups excluding carboxylic acids is 1. The minimum absolute atomic E-state index is 0.112. The number of halogens is 1. The summed E-state index contributed by atoms with van der Waals surface area (Å²) in [6.07, 6.45) is 12.2. The quantitative estimate of drug-likeness (QED) is 0.767. The fraction of sp³-hybridized carbons (Fsp3) is 0.750. The zero-order valence-corrected chi connectivity index (χ0v) is 15.7. The number of hydrogen-bond acceptors (Lipinski definition) is 4. The van der Waals surface area contributed by atoms with Gasteiger partial charge in [-0.15, -0.1) is 0 Å². The molecule has 0 radical (unpaired) electrons. The van der Waals surface area contributed by atoms with E-state index in [0.717, 1.165) is 50.5 Å². The van der Waals surface area contributed by atoms with E-state index in [2.05, 4.69) is 16.9 Å². The average molecular weight is 363 g/mol. The third kappa shape index (κ3) is 5.15. The number of carbonyl (C=O) groups is 1. The normalized spacial score (nSPS) is 26.5. The zero-order chi connectivity index (χ0) is 18.4. The summed E-state index contributed by atoms with van der Waals surface area (Å²) in [5.74, 6) is 0.792. The van der Waals surface area contributed by atoms with Gasteiger partial charge < -0.3 is 9.64 Å². The molecule has 1 unspecified atom stereocenters. The summed E-state index contributed by atoms with van der Waals surface area (Å²) in [6.45, 7) is 3.62. The number of ether oxygens (including phenoxy) is 1. The number of hydrogen-bond donors (Lipinski definition) is 0. The number of amides is 1. The van der Waals surface area contributed by atoms with Gasteiger partial charge in [-0.2, -0.15) is 0 Å². The molecule has 0 spiro atoms. The summed E-state index contributed by atoms with van der Waals surface area (Å²) < 4.78 is 18.7. The standard InChI is InChI=1S/C20H30FN3O2/c1-2-3-5-15-7-9-16(10-8-15)19(25)24-11-4-6-18(14-24)26-20-22-12-17(21)13-23-20/h12-13,15-16,18H,2-11,14H2,1H3. The lowest BCUT2D eigenvalue weighted by atomic mass is 9.79. The van der Waals surface area contributed by atoms with Crippen molar-refractivity contribution in [1.82, 2.24) is 14.9 Å². The SMILES string of the molecule is CCCCC1CCC(C(=O)N2CCCC(Oc3ncc(F)cn3)C2)CC1. The van der Waals surface area contributed by atoms with Crippen LogP contribution in [-0.4, -0.2) is 40.0 Å². The van der Waals surface area contributed by atoms with E-state index in [4.69, 9.17) is 4.74 Å². The number of rotatable bonds is 6. The van der Waals surface area contributed by atoms with E-state index in [0.29, 0.717) is 6.54 Å². The molecule has 0 bridgehead atoms. The lowest BCUT2D eigenvalue weighted by molar-refractivity contribution is -0.139. The summed E-state index contributed by atoms with van der Waals surface area (Å²) in [6, 6.07) is 0.183. The van der Waals surface area contributed by atoms with E-state index in [-0.39, 0.29) is 23.9 Å². The molecule has 26 heavy (non-hydrogen) atoms. The number of nitrogens with zero attached hydrogens (tertiary/aromatic N) is 3. The lowest BCUT2D eigenvalue weighted by Gasteiger charge is -2.36. The van der Waals surface area contributed by atoms with Gasteiger partial charge in [0.1, 0.15) is 6.10 Å². The Balaban J connectivity index is 1.48. The Morgan fingerprint density at radius 2 is 1.96 bits per heavy atom. The van der Waals surface area contributed by atoms with E-state index in [1.54, 1.807) is 0 Å². The average Bonchev–Trinajstić information content (AvgIpc) is 2.68. The van der Waals surface area contributed by atoms with Crippen LogP contribution < -0.4 is 4.74 Å². The molecule has 2 fully saturated rings. The smallest absolute Gasteiger partial charge is 0.316 e. The molecule has 1 saturated carbocycles. The van der Waals surface area contributed by atoms with E-state index >= 15 is 0 Å². The molecule has 2 aliphatic rings. The Morgan fingerprint density at radius 3 is 2.65 bits per heavy atom. The summed E-state index contributed by atoms with van der Waals surface area (Å²) in [7, 11) is 0. The highest BCUT2D eigenvalue weighted by Gasteiger charge is 2.32. The van der Waals surface area contributed by atoms with Gasteiger partial charge in [0.25, 0.3) is 0 Å². The fourth-order valence-electron chi connectivity index (χ4n) is 4.19. The molecule has 3 rings (SSSR count). The molecule has 5 nitrogen and oxygen atoms in total. The Labute approximate surface area is 155 Å². The number of likely N-dealkylation sites (tertiary alicyclic amines) is 1. The third-order valence-electron chi connectivity index (χ3n) is 5.72. The number of piperidine rings is 1. The Hall–Kier alpha value is -1.72. The Morgan fingerprint density at radius 1 is 1.23 bits per heavy atom. The first-order chi connectivity index (χ1) is 12.7. The minimum Gasteiger partial charge on any atom is -0.458 e. The van der Waals surface area contributed by atoms with Gasteiger partial charge in [0.05, 0.1) is 18.9 Å². The van der Waals surface area contributed by atoms with Crippen molar-refractivity contribution in [3.63, 3.8) is 0 Å². The van der Waals surface area contributed by atoms with Crippen LogP contribution >= 0.6 is 0 Å². The van der Waals surface area contributed by atoms with Gasteiger partial charge in [-0.1, -0.05) is 26.2 Å². The largest absolute Gasteiger partial charge is 0.458 e. The van der Waals surface area contributed by atoms with Crippen LogP contribution in [0.4, 0.5) is 4.39 Å². The molecule has 2 heterocycles. The number of unbranched alkanes of at least 4 members (excludes halogenated alkanes) is 1. The van der Waals surface area contributed by atoms with E-state index in [1.807, 2.05) is 4.90 Å². The topological polar surface area (TPSA) is 55.3 Å². The highest BCUT2D eigenvalue weighted by atomic mass is 19.1. The second kappa shape index (κ2) is 9.28. The molecule has 1 amide bonds. The molecule has 1 aromatic rings. The van der Waals surface area contributed by atoms with Crippen LogP contribution in [0.5, 0.6) is 6.01 Å². The molecular formula is C20H30FN3O2. The van der Waals surface area contributed by atoms with Crippen LogP contribution in [0.15, 0.2) is 12.4 Å². The van der Waals surface area contributed by atoms with Gasteiger partial charge in [-0.3, -0.25) is 4.79 Å². The molecule has 6 heteroatoms. The van der Waals surface area contributed by atoms with Crippen molar-refractivity contribution in [3.05, 3.63) is 18.2 Å². The number of aromatic nitrogens is 2. The molecule has 0 N–H and O–H groups in total. The van der Waals surface area contributed by atoms with Gasteiger partial charge in [-0.05, 0) is 44.4 Å². The molecular weight excluding hydrogens is 333 g/mol. The monoisotopic (exact) mass is 363 g/mol.